The molecular formula is C18H16O2. The highest BCUT2D eigenvalue weighted by molar-refractivity contribution is 5.89. The Morgan fingerprint density at radius 1 is 0.800 bits per heavy atom. The van der Waals surface area contributed by atoms with E-state index in [1.807, 2.05) is 36.4 Å². The number of aromatic hydroxyl groups is 2. The molecule has 3 aromatic carbocycles. The topological polar surface area (TPSA) is 40.5 Å². The van der Waals surface area contributed by atoms with Crippen molar-refractivity contribution in [1.29, 1.82) is 0 Å². The van der Waals surface area contributed by atoms with E-state index < -0.39 is 0 Å². The Balaban J connectivity index is 2.17. The zero-order valence-electron chi connectivity index (χ0n) is 11.3. The van der Waals surface area contributed by atoms with Crippen molar-refractivity contribution < 1.29 is 10.2 Å². The maximum Gasteiger partial charge on any atom is 0.123 e. The van der Waals surface area contributed by atoms with E-state index in [0.717, 1.165) is 28.3 Å². The van der Waals surface area contributed by atoms with Crippen molar-refractivity contribution >= 4 is 10.8 Å². The van der Waals surface area contributed by atoms with Gasteiger partial charge in [-0.25, -0.2) is 0 Å². The summed E-state index contributed by atoms with van der Waals surface area (Å²) in [6, 6.07) is 17.0. The van der Waals surface area contributed by atoms with Gasteiger partial charge in [-0.3, -0.25) is 0 Å². The van der Waals surface area contributed by atoms with E-state index in [4.69, 9.17) is 0 Å². The minimum Gasteiger partial charge on any atom is -0.508 e. The third-order valence-corrected chi connectivity index (χ3v) is 3.60. The minimum absolute atomic E-state index is 0.265. The molecule has 2 N–H and O–H groups in total. The fourth-order valence-corrected chi connectivity index (χ4v) is 2.43. The SMILES string of the molecule is CCc1ccc(O)c(-c2ccc3cc(O)ccc3c2)c1. The molecule has 0 amide bonds. The van der Waals surface area contributed by atoms with Gasteiger partial charge in [0.2, 0.25) is 0 Å². The Bertz CT molecular complexity index is 775. The molecule has 0 unspecified atom stereocenters. The summed E-state index contributed by atoms with van der Waals surface area (Å²) in [5.74, 6) is 0.557. The third kappa shape index (κ3) is 2.21. The number of benzene rings is 3. The van der Waals surface area contributed by atoms with Crippen molar-refractivity contribution in [2.45, 2.75) is 13.3 Å². The summed E-state index contributed by atoms with van der Waals surface area (Å²) in [4.78, 5) is 0. The normalized spacial score (nSPS) is 10.8. The summed E-state index contributed by atoms with van der Waals surface area (Å²) < 4.78 is 0. The van der Waals surface area contributed by atoms with Crippen LogP contribution in [0.2, 0.25) is 0 Å². The first kappa shape index (κ1) is 12.5. The van der Waals surface area contributed by atoms with Crippen molar-refractivity contribution in [2.24, 2.45) is 0 Å². The van der Waals surface area contributed by atoms with Crippen LogP contribution in [-0.4, -0.2) is 10.2 Å². The number of phenolic OH excluding ortho intramolecular Hbond substituents is 2. The first-order valence-electron chi connectivity index (χ1n) is 6.72. The van der Waals surface area contributed by atoms with Crippen LogP contribution in [0.1, 0.15) is 12.5 Å². The lowest BCUT2D eigenvalue weighted by atomic mass is 9.98. The molecule has 0 saturated carbocycles. The molecule has 0 atom stereocenters. The van der Waals surface area contributed by atoms with Crippen molar-refractivity contribution in [2.75, 3.05) is 0 Å². The maximum atomic E-state index is 10.1. The Morgan fingerprint density at radius 3 is 2.35 bits per heavy atom. The Kier molecular flexibility index (Phi) is 3.07. The lowest BCUT2D eigenvalue weighted by Gasteiger charge is -2.08. The highest BCUT2D eigenvalue weighted by Gasteiger charge is 2.06. The average Bonchev–Trinajstić information content (AvgIpc) is 2.47. The van der Waals surface area contributed by atoms with Gasteiger partial charge in [0.25, 0.3) is 0 Å². The highest BCUT2D eigenvalue weighted by Crippen LogP contribution is 2.33. The van der Waals surface area contributed by atoms with Crippen LogP contribution < -0.4 is 0 Å². The maximum absolute atomic E-state index is 10.1. The molecule has 20 heavy (non-hydrogen) atoms. The van der Waals surface area contributed by atoms with Crippen molar-refractivity contribution in [1.82, 2.24) is 0 Å². The molecule has 0 aromatic heterocycles. The van der Waals surface area contributed by atoms with Gasteiger partial charge in [-0.15, -0.1) is 0 Å². The van der Waals surface area contributed by atoms with Crippen LogP contribution in [0.3, 0.4) is 0 Å². The van der Waals surface area contributed by atoms with Crippen LogP contribution in [0.25, 0.3) is 21.9 Å². The van der Waals surface area contributed by atoms with E-state index in [1.54, 1.807) is 18.2 Å². The van der Waals surface area contributed by atoms with E-state index in [0.29, 0.717) is 5.75 Å². The Labute approximate surface area is 117 Å². The van der Waals surface area contributed by atoms with Gasteiger partial charge in [0.15, 0.2) is 0 Å². The van der Waals surface area contributed by atoms with Crippen LogP contribution in [-0.2, 0) is 6.42 Å². The molecular weight excluding hydrogens is 248 g/mol. The predicted octanol–water partition coefficient (Wildman–Crippen LogP) is 4.48. The van der Waals surface area contributed by atoms with Gasteiger partial charge in [-0.05, 0) is 58.7 Å². The van der Waals surface area contributed by atoms with Gasteiger partial charge in [0.05, 0.1) is 0 Å². The van der Waals surface area contributed by atoms with Gasteiger partial charge >= 0.3 is 0 Å². The third-order valence-electron chi connectivity index (χ3n) is 3.60. The number of aryl methyl sites for hydroxylation is 1. The van der Waals surface area contributed by atoms with Crippen LogP contribution >= 0.6 is 0 Å². The molecule has 0 heterocycles. The second kappa shape index (κ2) is 4.89. The second-order valence-corrected chi connectivity index (χ2v) is 4.95. The summed E-state index contributed by atoms with van der Waals surface area (Å²) in [5, 5.41) is 21.6. The van der Waals surface area contributed by atoms with Gasteiger partial charge < -0.3 is 10.2 Å². The molecule has 0 aliphatic heterocycles. The minimum atomic E-state index is 0.265. The number of fused-ring (bicyclic) bond motifs is 1. The molecule has 0 fully saturated rings. The average molecular weight is 264 g/mol. The number of hydrogen-bond donors (Lipinski definition) is 2. The van der Waals surface area contributed by atoms with E-state index >= 15 is 0 Å². The summed E-state index contributed by atoms with van der Waals surface area (Å²) in [5.41, 5.74) is 3.03. The highest BCUT2D eigenvalue weighted by atomic mass is 16.3. The van der Waals surface area contributed by atoms with E-state index in [-0.39, 0.29) is 5.75 Å². The molecule has 3 rings (SSSR count). The van der Waals surface area contributed by atoms with Crippen molar-refractivity contribution in [3.05, 3.63) is 60.2 Å². The number of phenols is 2. The Morgan fingerprint density at radius 2 is 1.55 bits per heavy atom. The first-order chi connectivity index (χ1) is 9.67. The van der Waals surface area contributed by atoms with Crippen LogP contribution in [0.5, 0.6) is 11.5 Å². The fourth-order valence-electron chi connectivity index (χ4n) is 2.43. The van der Waals surface area contributed by atoms with Gasteiger partial charge in [0.1, 0.15) is 11.5 Å². The molecule has 2 heteroatoms. The summed E-state index contributed by atoms with van der Waals surface area (Å²) in [6.45, 7) is 2.10. The number of hydrogen-bond acceptors (Lipinski definition) is 2. The molecule has 2 nitrogen and oxygen atoms in total. The molecule has 0 spiro atoms. The fraction of sp³-hybridized carbons (Fsp3) is 0.111. The van der Waals surface area contributed by atoms with E-state index in [1.165, 1.54) is 5.56 Å². The molecule has 0 radical (unpaired) electrons. The molecule has 0 bridgehead atoms. The second-order valence-electron chi connectivity index (χ2n) is 4.95. The molecule has 3 aromatic rings. The van der Waals surface area contributed by atoms with Gasteiger partial charge in [0, 0.05) is 5.56 Å². The number of rotatable bonds is 2. The monoisotopic (exact) mass is 264 g/mol. The van der Waals surface area contributed by atoms with Crippen LogP contribution in [0.15, 0.2) is 54.6 Å². The molecule has 0 saturated heterocycles. The van der Waals surface area contributed by atoms with Crippen LogP contribution in [0, 0.1) is 0 Å². The quantitative estimate of drug-likeness (QED) is 0.716. The summed E-state index contributed by atoms with van der Waals surface area (Å²) >= 11 is 0. The van der Waals surface area contributed by atoms with Crippen molar-refractivity contribution in [3.63, 3.8) is 0 Å². The molecule has 100 valence electrons. The summed E-state index contributed by atoms with van der Waals surface area (Å²) in [7, 11) is 0. The standard InChI is InChI=1S/C18H16O2/c1-2-12-3-8-18(20)17(9-12)15-5-4-14-11-16(19)7-6-13(14)10-15/h3-11,19-20H,2H2,1H3. The molecule has 0 aliphatic carbocycles. The predicted molar refractivity (Wildman–Crippen MR) is 82.1 cm³/mol. The zero-order valence-corrected chi connectivity index (χ0v) is 11.3. The van der Waals surface area contributed by atoms with Gasteiger partial charge in [-0.2, -0.15) is 0 Å². The zero-order chi connectivity index (χ0) is 14.1. The smallest absolute Gasteiger partial charge is 0.123 e. The largest absolute Gasteiger partial charge is 0.508 e. The lowest BCUT2D eigenvalue weighted by Crippen LogP contribution is -1.85. The molecule has 0 aliphatic rings. The first-order valence-corrected chi connectivity index (χ1v) is 6.72. The van der Waals surface area contributed by atoms with Gasteiger partial charge in [-0.1, -0.05) is 31.2 Å². The van der Waals surface area contributed by atoms with Crippen molar-refractivity contribution in [3.8, 4) is 22.6 Å². The summed E-state index contributed by atoms with van der Waals surface area (Å²) in [6.07, 6.45) is 0.939. The van der Waals surface area contributed by atoms with Crippen LogP contribution in [0.4, 0.5) is 0 Å². The van der Waals surface area contributed by atoms with E-state index in [2.05, 4.69) is 6.92 Å². The lowest BCUT2D eigenvalue weighted by molar-refractivity contribution is 0.476. The van der Waals surface area contributed by atoms with E-state index in [9.17, 15) is 10.2 Å². The Hall–Kier alpha value is -2.48.